The lowest BCUT2D eigenvalue weighted by Gasteiger charge is -2.26. The summed E-state index contributed by atoms with van der Waals surface area (Å²) in [6.45, 7) is 12.3. The van der Waals surface area contributed by atoms with Crippen molar-refractivity contribution in [3.05, 3.63) is 0 Å². The van der Waals surface area contributed by atoms with E-state index in [-0.39, 0.29) is 0 Å². The maximum Gasteiger partial charge on any atom is 0.0602 e. The first-order chi connectivity index (χ1) is 13.5. The molecule has 7 atom stereocenters. The van der Waals surface area contributed by atoms with Gasteiger partial charge in [0, 0.05) is 19.8 Å². The maximum absolute atomic E-state index is 6.35. The third-order valence-electron chi connectivity index (χ3n) is 7.83. The van der Waals surface area contributed by atoms with Crippen molar-refractivity contribution in [1.29, 1.82) is 0 Å². The van der Waals surface area contributed by atoms with E-state index >= 15 is 0 Å². The van der Waals surface area contributed by atoms with Gasteiger partial charge in [-0.3, -0.25) is 0 Å². The van der Waals surface area contributed by atoms with Gasteiger partial charge in [0.1, 0.15) is 0 Å². The van der Waals surface area contributed by atoms with Crippen LogP contribution in [0.25, 0.3) is 0 Å². The molecule has 3 heterocycles. The monoisotopic (exact) mass is 394 g/mol. The Morgan fingerprint density at radius 2 is 1.57 bits per heavy atom. The van der Waals surface area contributed by atoms with Crippen LogP contribution in [-0.4, -0.2) is 38.1 Å². The van der Waals surface area contributed by atoms with E-state index in [1.54, 1.807) is 0 Å². The molecule has 3 saturated heterocycles. The van der Waals surface area contributed by atoms with Crippen molar-refractivity contribution in [3.8, 4) is 0 Å². The lowest BCUT2D eigenvalue weighted by Crippen LogP contribution is -2.26. The molecule has 0 spiro atoms. The van der Waals surface area contributed by atoms with Crippen LogP contribution in [0.4, 0.5) is 0 Å². The molecule has 7 unspecified atom stereocenters. The minimum absolute atomic E-state index is 0.434. The van der Waals surface area contributed by atoms with Crippen LogP contribution >= 0.6 is 0 Å². The van der Waals surface area contributed by atoms with E-state index in [4.69, 9.17) is 14.2 Å². The lowest BCUT2D eigenvalue weighted by atomic mass is 9.80. The summed E-state index contributed by atoms with van der Waals surface area (Å²) in [7, 11) is 0. The number of hydrogen-bond acceptors (Lipinski definition) is 3. The predicted octanol–water partition coefficient (Wildman–Crippen LogP) is 6.24. The topological polar surface area (TPSA) is 27.7 Å². The second-order valence-corrected chi connectivity index (χ2v) is 10.5. The van der Waals surface area contributed by atoms with Crippen LogP contribution in [0.3, 0.4) is 0 Å². The molecule has 0 aromatic heterocycles. The van der Waals surface area contributed by atoms with E-state index in [0.717, 1.165) is 37.6 Å². The van der Waals surface area contributed by atoms with Gasteiger partial charge in [-0.05, 0) is 87.4 Å². The fraction of sp³-hybridized carbons (Fsp3) is 1.00. The molecule has 3 fully saturated rings. The molecule has 0 bridgehead atoms. The third-order valence-corrected chi connectivity index (χ3v) is 7.83. The first-order valence-corrected chi connectivity index (χ1v) is 12.4. The summed E-state index contributed by atoms with van der Waals surface area (Å²) in [6.07, 6.45) is 14.2. The summed E-state index contributed by atoms with van der Waals surface area (Å²) >= 11 is 0. The highest BCUT2D eigenvalue weighted by atomic mass is 16.5. The molecular formula is C25H46O3. The Balaban J connectivity index is 1.40. The van der Waals surface area contributed by atoms with Gasteiger partial charge in [0.15, 0.2) is 0 Å². The van der Waals surface area contributed by atoms with Crippen molar-refractivity contribution in [2.75, 3.05) is 19.8 Å². The molecule has 3 rings (SSSR count). The Labute approximate surface area is 174 Å². The Morgan fingerprint density at radius 3 is 2.36 bits per heavy atom. The molecule has 3 nitrogen and oxygen atoms in total. The first kappa shape index (κ1) is 22.6. The highest BCUT2D eigenvalue weighted by Gasteiger charge is 2.32. The molecule has 0 saturated carbocycles. The minimum atomic E-state index is 0.434. The Bertz CT molecular complexity index is 430. The first-order valence-electron chi connectivity index (χ1n) is 12.4. The minimum Gasteiger partial charge on any atom is -0.381 e. The van der Waals surface area contributed by atoms with Crippen molar-refractivity contribution in [1.82, 2.24) is 0 Å². The van der Waals surface area contributed by atoms with Crippen LogP contribution in [-0.2, 0) is 14.2 Å². The second-order valence-electron chi connectivity index (χ2n) is 10.5. The summed E-state index contributed by atoms with van der Waals surface area (Å²) in [6, 6.07) is 0. The summed E-state index contributed by atoms with van der Waals surface area (Å²) in [4.78, 5) is 0. The van der Waals surface area contributed by atoms with Gasteiger partial charge in [-0.25, -0.2) is 0 Å². The Hall–Kier alpha value is -0.120. The molecule has 3 heteroatoms. The molecular weight excluding hydrogens is 348 g/mol. The van der Waals surface area contributed by atoms with Crippen molar-refractivity contribution >= 4 is 0 Å². The average Bonchev–Trinajstić information content (AvgIpc) is 2.86. The van der Waals surface area contributed by atoms with Gasteiger partial charge in [-0.1, -0.05) is 34.1 Å². The predicted molar refractivity (Wildman–Crippen MR) is 116 cm³/mol. The van der Waals surface area contributed by atoms with Crippen molar-refractivity contribution in [3.63, 3.8) is 0 Å². The van der Waals surface area contributed by atoms with Crippen molar-refractivity contribution in [2.45, 2.75) is 110 Å². The normalized spacial score (nSPS) is 37.4. The highest BCUT2D eigenvalue weighted by molar-refractivity contribution is 4.81. The Kier molecular flexibility index (Phi) is 9.12. The molecule has 3 aliphatic heterocycles. The van der Waals surface area contributed by atoms with Gasteiger partial charge in [0.2, 0.25) is 0 Å². The zero-order valence-corrected chi connectivity index (χ0v) is 19.0. The zero-order chi connectivity index (χ0) is 19.9. The van der Waals surface area contributed by atoms with Gasteiger partial charge in [0.05, 0.1) is 18.3 Å². The summed E-state index contributed by atoms with van der Waals surface area (Å²) in [5.74, 6) is 3.66. The van der Waals surface area contributed by atoms with E-state index in [1.165, 1.54) is 64.2 Å². The van der Waals surface area contributed by atoms with E-state index in [1.807, 2.05) is 0 Å². The molecule has 0 aromatic carbocycles. The second kappa shape index (κ2) is 11.3. The lowest BCUT2D eigenvalue weighted by molar-refractivity contribution is -0.0235. The molecule has 28 heavy (non-hydrogen) atoms. The molecule has 3 aliphatic rings. The van der Waals surface area contributed by atoms with Crippen LogP contribution in [0.15, 0.2) is 0 Å². The smallest absolute Gasteiger partial charge is 0.0602 e. The fourth-order valence-corrected chi connectivity index (χ4v) is 5.76. The zero-order valence-electron chi connectivity index (χ0n) is 19.0. The largest absolute Gasteiger partial charge is 0.381 e. The number of hydrogen-bond donors (Lipinski definition) is 0. The van der Waals surface area contributed by atoms with E-state index < -0.39 is 0 Å². The maximum atomic E-state index is 6.35. The summed E-state index contributed by atoms with van der Waals surface area (Å²) in [5.41, 5.74) is 0. The molecule has 0 radical (unpaired) electrons. The Morgan fingerprint density at radius 1 is 0.750 bits per heavy atom. The third kappa shape index (κ3) is 6.71. The summed E-state index contributed by atoms with van der Waals surface area (Å²) < 4.78 is 18.5. The molecule has 0 N–H and O–H groups in total. The van der Waals surface area contributed by atoms with E-state index in [2.05, 4.69) is 27.7 Å². The molecule has 164 valence electrons. The number of ether oxygens (including phenoxy) is 3. The quantitative estimate of drug-likeness (QED) is 0.511. The van der Waals surface area contributed by atoms with E-state index in [9.17, 15) is 0 Å². The molecule has 0 aromatic rings. The standard InChI is InChI=1S/C25H46O3/c1-18(2)24-11-9-23(28-24)16-20(4)25-10-8-21(12-14-27-25)15-19(3)22-7-5-6-13-26-17-22/h18-25H,5-17H2,1-4H3. The van der Waals surface area contributed by atoms with Crippen LogP contribution < -0.4 is 0 Å². The van der Waals surface area contributed by atoms with Gasteiger partial charge in [0.25, 0.3) is 0 Å². The highest BCUT2D eigenvalue weighted by Crippen LogP contribution is 2.35. The molecule has 0 aliphatic carbocycles. The SMILES string of the molecule is CC(C)C1CCC(CC(C)C2CCC(CC(C)C3CCCCOC3)CCO2)O1. The summed E-state index contributed by atoms with van der Waals surface area (Å²) in [5, 5.41) is 0. The van der Waals surface area contributed by atoms with Crippen LogP contribution in [0.5, 0.6) is 0 Å². The van der Waals surface area contributed by atoms with Gasteiger partial charge < -0.3 is 14.2 Å². The average molecular weight is 395 g/mol. The van der Waals surface area contributed by atoms with Gasteiger partial charge in [-0.15, -0.1) is 0 Å². The van der Waals surface area contributed by atoms with Crippen molar-refractivity contribution < 1.29 is 14.2 Å². The van der Waals surface area contributed by atoms with Crippen LogP contribution in [0.2, 0.25) is 0 Å². The number of rotatable bonds is 7. The molecule has 0 amide bonds. The van der Waals surface area contributed by atoms with Gasteiger partial charge >= 0.3 is 0 Å². The van der Waals surface area contributed by atoms with Crippen LogP contribution in [0.1, 0.15) is 91.9 Å². The van der Waals surface area contributed by atoms with E-state index in [0.29, 0.717) is 30.1 Å². The van der Waals surface area contributed by atoms with Crippen molar-refractivity contribution in [2.24, 2.45) is 29.6 Å². The van der Waals surface area contributed by atoms with Gasteiger partial charge in [-0.2, -0.15) is 0 Å². The van der Waals surface area contributed by atoms with Crippen LogP contribution in [0, 0.1) is 29.6 Å². The fourth-order valence-electron chi connectivity index (χ4n) is 5.76.